The Hall–Kier alpha value is -1.99. The van der Waals surface area contributed by atoms with Crippen molar-refractivity contribution in [3.05, 3.63) is 30.1 Å². The number of nitrogens with one attached hydrogen (secondary N) is 1. The molecule has 1 aromatic rings. The number of carbonyl (C=O) groups is 2. The van der Waals surface area contributed by atoms with E-state index in [4.69, 9.17) is 4.74 Å². The summed E-state index contributed by atoms with van der Waals surface area (Å²) in [5, 5.41) is 2.94. The number of nitrogens with zero attached hydrogens (tertiary/aromatic N) is 2. The molecule has 2 rings (SSSR count). The summed E-state index contributed by atoms with van der Waals surface area (Å²) in [6, 6.07) is 5.63. The summed E-state index contributed by atoms with van der Waals surface area (Å²) in [5.74, 6) is -0.684. The van der Waals surface area contributed by atoms with Crippen LogP contribution in [0.4, 0.5) is 10.1 Å². The predicted molar refractivity (Wildman–Crippen MR) is 75.2 cm³/mol. The van der Waals surface area contributed by atoms with E-state index in [1.807, 2.05) is 0 Å². The highest BCUT2D eigenvalue weighted by Gasteiger charge is 2.31. The molecule has 0 aromatic heterocycles. The first kappa shape index (κ1) is 15.4. The van der Waals surface area contributed by atoms with Crippen LogP contribution in [-0.2, 0) is 14.3 Å². The van der Waals surface area contributed by atoms with Gasteiger partial charge in [-0.2, -0.15) is 0 Å². The van der Waals surface area contributed by atoms with Gasteiger partial charge in [-0.1, -0.05) is 0 Å². The lowest BCUT2D eigenvalue weighted by molar-refractivity contribution is -0.130. The number of hydrogen-bond acceptors (Lipinski definition) is 4. The normalized spacial score (nSPS) is 14.9. The molecule has 0 aliphatic carbocycles. The van der Waals surface area contributed by atoms with E-state index < -0.39 is 0 Å². The number of hydrogen-bond donors (Lipinski definition) is 1. The molecule has 1 saturated heterocycles. The highest BCUT2D eigenvalue weighted by Crippen LogP contribution is 2.19. The summed E-state index contributed by atoms with van der Waals surface area (Å²) >= 11 is 0. The van der Waals surface area contributed by atoms with Crippen LogP contribution >= 0.6 is 0 Å². The molecule has 0 unspecified atom stereocenters. The maximum absolute atomic E-state index is 12.9. The summed E-state index contributed by atoms with van der Waals surface area (Å²) < 4.78 is 17.8. The second-order valence-electron chi connectivity index (χ2n) is 4.70. The molecule has 2 amide bonds. The lowest BCUT2D eigenvalue weighted by Gasteiger charge is -2.18. The minimum Gasteiger partial charge on any atom is -0.383 e. The minimum atomic E-state index is -0.360. The summed E-state index contributed by atoms with van der Waals surface area (Å²) in [5.41, 5.74) is 0.587. The predicted octanol–water partition coefficient (Wildman–Crippen LogP) is 0.194. The van der Waals surface area contributed by atoms with Gasteiger partial charge in [-0.15, -0.1) is 0 Å². The first-order chi connectivity index (χ1) is 10.1. The van der Waals surface area contributed by atoms with E-state index in [1.54, 1.807) is 7.11 Å². The molecule has 1 aliphatic heterocycles. The van der Waals surface area contributed by atoms with Crippen molar-refractivity contribution < 1.29 is 18.7 Å². The Bertz CT molecular complexity index is 507. The molecule has 0 atom stereocenters. The van der Waals surface area contributed by atoms with Crippen LogP contribution in [0.3, 0.4) is 0 Å². The Morgan fingerprint density at radius 3 is 2.76 bits per heavy atom. The highest BCUT2D eigenvalue weighted by molar-refractivity contribution is 6.00. The number of anilines is 1. The van der Waals surface area contributed by atoms with E-state index in [0.717, 1.165) is 0 Å². The molecule has 1 aromatic carbocycles. The van der Waals surface area contributed by atoms with Gasteiger partial charge < -0.3 is 15.0 Å². The zero-order chi connectivity index (χ0) is 15.2. The van der Waals surface area contributed by atoms with Gasteiger partial charge in [0.15, 0.2) is 0 Å². The molecule has 1 fully saturated rings. The number of amides is 2. The van der Waals surface area contributed by atoms with Crippen LogP contribution in [0.5, 0.6) is 0 Å². The van der Waals surface area contributed by atoms with Crippen molar-refractivity contribution in [2.45, 2.75) is 0 Å². The SMILES string of the molecule is COCCNCC(=O)N1CC(=O)N(c2ccc(F)cc2)C1. The van der Waals surface area contributed by atoms with Gasteiger partial charge in [0.2, 0.25) is 11.8 Å². The number of methoxy groups -OCH3 is 1. The Balaban J connectivity index is 1.90. The minimum absolute atomic E-state index is 0.0438. The fraction of sp³-hybridized carbons (Fsp3) is 0.429. The average molecular weight is 295 g/mol. The second-order valence-corrected chi connectivity index (χ2v) is 4.70. The Labute approximate surface area is 122 Å². The Kier molecular flexibility index (Phi) is 5.24. The largest absolute Gasteiger partial charge is 0.383 e. The molecule has 0 radical (unpaired) electrons. The first-order valence-corrected chi connectivity index (χ1v) is 6.65. The molecule has 1 heterocycles. The average Bonchev–Trinajstić information content (AvgIpc) is 2.86. The van der Waals surface area contributed by atoms with Crippen molar-refractivity contribution in [1.82, 2.24) is 10.2 Å². The van der Waals surface area contributed by atoms with Crippen LogP contribution in [0.2, 0.25) is 0 Å². The zero-order valence-electron chi connectivity index (χ0n) is 11.8. The van der Waals surface area contributed by atoms with Gasteiger partial charge >= 0.3 is 0 Å². The first-order valence-electron chi connectivity index (χ1n) is 6.65. The van der Waals surface area contributed by atoms with Gasteiger partial charge in [0.05, 0.1) is 13.2 Å². The van der Waals surface area contributed by atoms with Crippen LogP contribution in [-0.4, -0.2) is 56.7 Å². The number of carbonyl (C=O) groups excluding carboxylic acids is 2. The molecule has 0 spiro atoms. The highest BCUT2D eigenvalue weighted by atomic mass is 19.1. The van der Waals surface area contributed by atoms with Crippen molar-refractivity contribution in [1.29, 1.82) is 0 Å². The smallest absolute Gasteiger partial charge is 0.248 e. The lowest BCUT2D eigenvalue weighted by Crippen LogP contribution is -2.38. The van der Waals surface area contributed by atoms with Crippen LogP contribution in [0.25, 0.3) is 0 Å². The number of benzene rings is 1. The zero-order valence-corrected chi connectivity index (χ0v) is 11.8. The molecule has 1 N–H and O–H groups in total. The van der Waals surface area contributed by atoms with Gasteiger partial charge in [0.1, 0.15) is 19.0 Å². The maximum atomic E-state index is 12.9. The van der Waals surface area contributed by atoms with Crippen molar-refractivity contribution in [3.63, 3.8) is 0 Å². The van der Waals surface area contributed by atoms with Crippen molar-refractivity contribution in [3.8, 4) is 0 Å². The quantitative estimate of drug-likeness (QED) is 0.761. The van der Waals surface area contributed by atoms with Gasteiger partial charge in [0, 0.05) is 19.3 Å². The number of halogens is 1. The standard InChI is InChI=1S/C14H18FN3O3/c1-21-7-6-16-8-13(19)17-9-14(20)18(10-17)12-4-2-11(15)3-5-12/h2-5,16H,6-10H2,1H3. The fourth-order valence-corrected chi connectivity index (χ4v) is 2.04. The topological polar surface area (TPSA) is 61.9 Å². The van der Waals surface area contributed by atoms with E-state index in [0.29, 0.717) is 18.8 Å². The lowest BCUT2D eigenvalue weighted by atomic mass is 10.3. The third-order valence-electron chi connectivity index (χ3n) is 3.19. The van der Waals surface area contributed by atoms with E-state index in [1.165, 1.54) is 34.1 Å². The van der Waals surface area contributed by atoms with Crippen molar-refractivity contribution in [2.75, 3.05) is 44.9 Å². The molecule has 7 heteroatoms. The second kappa shape index (κ2) is 7.14. The fourth-order valence-electron chi connectivity index (χ4n) is 2.04. The van der Waals surface area contributed by atoms with Crippen LogP contribution in [0.15, 0.2) is 24.3 Å². The van der Waals surface area contributed by atoms with Gasteiger partial charge in [-0.25, -0.2) is 4.39 Å². The van der Waals surface area contributed by atoms with Crippen molar-refractivity contribution in [2.24, 2.45) is 0 Å². The Morgan fingerprint density at radius 2 is 2.10 bits per heavy atom. The van der Waals surface area contributed by atoms with Gasteiger partial charge in [0.25, 0.3) is 0 Å². The third kappa shape index (κ3) is 3.99. The van der Waals surface area contributed by atoms with E-state index in [-0.39, 0.29) is 37.4 Å². The monoisotopic (exact) mass is 295 g/mol. The number of rotatable bonds is 6. The maximum Gasteiger partial charge on any atom is 0.248 e. The summed E-state index contributed by atoms with van der Waals surface area (Å²) in [4.78, 5) is 26.8. The summed E-state index contributed by atoms with van der Waals surface area (Å²) in [6.07, 6.45) is 0. The molecule has 114 valence electrons. The third-order valence-corrected chi connectivity index (χ3v) is 3.19. The van der Waals surface area contributed by atoms with Crippen LogP contribution in [0, 0.1) is 5.82 Å². The summed E-state index contributed by atoms with van der Waals surface area (Å²) in [6.45, 7) is 1.49. The molecule has 0 bridgehead atoms. The summed E-state index contributed by atoms with van der Waals surface area (Å²) in [7, 11) is 1.59. The molecular weight excluding hydrogens is 277 g/mol. The van der Waals surface area contributed by atoms with Gasteiger partial charge in [-0.05, 0) is 24.3 Å². The van der Waals surface area contributed by atoms with E-state index in [2.05, 4.69) is 5.32 Å². The molecule has 1 aliphatic rings. The molecule has 0 saturated carbocycles. The molecule has 21 heavy (non-hydrogen) atoms. The molecular formula is C14H18FN3O3. The Morgan fingerprint density at radius 1 is 1.38 bits per heavy atom. The van der Waals surface area contributed by atoms with Crippen molar-refractivity contribution >= 4 is 17.5 Å². The van der Waals surface area contributed by atoms with Crippen LogP contribution in [0.1, 0.15) is 0 Å². The van der Waals surface area contributed by atoms with E-state index in [9.17, 15) is 14.0 Å². The van der Waals surface area contributed by atoms with Crippen LogP contribution < -0.4 is 10.2 Å². The van der Waals surface area contributed by atoms with E-state index >= 15 is 0 Å². The molecule has 6 nitrogen and oxygen atoms in total. The van der Waals surface area contributed by atoms with Gasteiger partial charge in [-0.3, -0.25) is 14.5 Å². The number of ether oxygens (including phenoxy) is 1.